The van der Waals surface area contributed by atoms with Crippen molar-refractivity contribution < 1.29 is 18.3 Å². The number of carboxylic acids is 1. The Kier molecular flexibility index (Phi) is 4.96. The van der Waals surface area contributed by atoms with Crippen LogP contribution in [0.1, 0.15) is 12.5 Å². The molecule has 0 spiro atoms. The quantitative estimate of drug-likeness (QED) is 0.744. The Bertz CT molecular complexity index is 418. The van der Waals surface area contributed by atoms with Gasteiger partial charge in [0, 0.05) is 6.92 Å². The predicted molar refractivity (Wildman–Crippen MR) is 55.9 cm³/mol. The van der Waals surface area contributed by atoms with E-state index in [2.05, 4.69) is 0 Å². The van der Waals surface area contributed by atoms with Crippen molar-refractivity contribution >= 4 is 16.0 Å². The number of hydrogen-bond donors (Lipinski definition) is 2. The summed E-state index contributed by atoms with van der Waals surface area (Å²) < 4.78 is 21.4. The molecule has 6 heteroatoms. The molecular formula is C9H13NO4S. The lowest BCUT2D eigenvalue weighted by Crippen LogP contribution is -2.11. The van der Waals surface area contributed by atoms with E-state index in [1.807, 2.05) is 6.92 Å². The Morgan fingerprint density at radius 3 is 1.87 bits per heavy atom. The van der Waals surface area contributed by atoms with Crippen LogP contribution in [-0.4, -0.2) is 19.5 Å². The second-order valence-electron chi connectivity index (χ2n) is 2.88. The summed E-state index contributed by atoms with van der Waals surface area (Å²) in [7, 11) is -3.52. The zero-order valence-corrected chi connectivity index (χ0v) is 9.28. The lowest BCUT2D eigenvalue weighted by Gasteiger charge is -1.96. The van der Waals surface area contributed by atoms with Crippen molar-refractivity contribution in [3.05, 3.63) is 29.8 Å². The third-order valence-corrected chi connectivity index (χ3v) is 2.28. The molecule has 0 atom stereocenters. The molecule has 84 valence electrons. The van der Waals surface area contributed by atoms with E-state index in [0.717, 1.165) is 12.5 Å². The highest BCUT2D eigenvalue weighted by Gasteiger charge is 2.04. The Balaban J connectivity index is 0.000000423. The standard InChI is InChI=1S/C7H9NO2S.C2H4O2/c1-6-2-4-7(5-3-6)11(8,9)10;1-2(3)4/h2-5H,1H3,(H2,8,9,10);1H3,(H,3,4). The number of rotatable bonds is 1. The largest absolute Gasteiger partial charge is 0.481 e. The van der Waals surface area contributed by atoms with Crippen molar-refractivity contribution in [1.29, 1.82) is 0 Å². The predicted octanol–water partition coefficient (Wildman–Crippen LogP) is 0.733. The highest BCUT2D eigenvalue weighted by molar-refractivity contribution is 7.89. The minimum Gasteiger partial charge on any atom is -0.481 e. The summed E-state index contributed by atoms with van der Waals surface area (Å²) >= 11 is 0. The van der Waals surface area contributed by atoms with Gasteiger partial charge in [0.25, 0.3) is 5.97 Å². The molecule has 5 nitrogen and oxygen atoms in total. The van der Waals surface area contributed by atoms with Crippen LogP contribution in [0.5, 0.6) is 0 Å². The van der Waals surface area contributed by atoms with E-state index in [0.29, 0.717) is 0 Å². The van der Waals surface area contributed by atoms with Gasteiger partial charge in [-0.3, -0.25) is 4.79 Å². The van der Waals surface area contributed by atoms with E-state index in [-0.39, 0.29) is 4.90 Å². The van der Waals surface area contributed by atoms with Crippen LogP contribution in [0.15, 0.2) is 29.2 Å². The van der Waals surface area contributed by atoms with Crippen LogP contribution >= 0.6 is 0 Å². The van der Waals surface area contributed by atoms with E-state index in [1.165, 1.54) is 12.1 Å². The topological polar surface area (TPSA) is 97.5 Å². The van der Waals surface area contributed by atoms with E-state index in [9.17, 15) is 8.42 Å². The minimum atomic E-state index is -3.52. The number of aryl methyl sites for hydroxylation is 1. The van der Waals surface area contributed by atoms with E-state index in [4.69, 9.17) is 15.0 Å². The molecule has 3 N–H and O–H groups in total. The number of nitrogens with two attached hydrogens (primary N) is 1. The maximum Gasteiger partial charge on any atom is 0.300 e. The highest BCUT2D eigenvalue weighted by Crippen LogP contribution is 2.06. The van der Waals surface area contributed by atoms with E-state index >= 15 is 0 Å². The van der Waals surface area contributed by atoms with Gasteiger partial charge in [0.05, 0.1) is 4.90 Å². The summed E-state index contributed by atoms with van der Waals surface area (Å²) in [6, 6.07) is 6.40. The second-order valence-corrected chi connectivity index (χ2v) is 4.44. The van der Waals surface area contributed by atoms with Gasteiger partial charge in [0.1, 0.15) is 0 Å². The fourth-order valence-corrected chi connectivity index (χ4v) is 1.24. The molecule has 1 aromatic carbocycles. The molecule has 0 aromatic heterocycles. The molecule has 15 heavy (non-hydrogen) atoms. The summed E-state index contributed by atoms with van der Waals surface area (Å²) in [5.41, 5.74) is 1.01. The monoisotopic (exact) mass is 231 g/mol. The summed E-state index contributed by atoms with van der Waals surface area (Å²) in [6.07, 6.45) is 0. The first-order valence-electron chi connectivity index (χ1n) is 4.02. The minimum absolute atomic E-state index is 0.156. The van der Waals surface area contributed by atoms with Gasteiger partial charge in [-0.05, 0) is 19.1 Å². The smallest absolute Gasteiger partial charge is 0.300 e. The average Bonchev–Trinajstić information content (AvgIpc) is 2.01. The summed E-state index contributed by atoms with van der Waals surface area (Å²) in [5.74, 6) is -0.833. The third-order valence-electron chi connectivity index (χ3n) is 1.35. The number of carbonyl (C=O) groups is 1. The van der Waals surface area contributed by atoms with Crippen molar-refractivity contribution in [2.45, 2.75) is 18.7 Å². The first-order valence-corrected chi connectivity index (χ1v) is 5.57. The molecule has 0 radical (unpaired) electrons. The maximum atomic E-state index is 10.7. The lowest BCUT2D eigenvalue weighted by molar-refractivity contribution is -0.134. The Morgan fingerprint density at radius 1 is 1.27 bits per heavy atom. The van der Waals surface area contributed by atoms with Gasteiger partial charge < -0.3 is 5.11 Å². The van der Waals surface area contributed by atoms with Gasteiger partial charge in [-0.15, -0.1) is 0 Å². The fourth-order valence-electron chi connectivity index (χ4n) is 0.728. The van der Waals surface area contributed by atoms with Gasteiger partial charge in [-0.2, -0.15) is 0 Å². The molecule has 0 aliphatic heterocycles. The average molecular weight is 231 g/mol. The number of carboxylic acid groups (broad SMARTS) is 1. The van der Waals surface area contributed by atoms with Crippen LogP contribution in [0.3, 0.4) is 0 Å². The molecule has 0 saturated carbocycles. The zero-order valence-electron chi connectivity index (χ0n) is 8.47. The molecule has 0 unspecified atom stereocenters. The molecule has 0 aliphatic rings. The molecule has 0 aliphatic carbocycles. The molecule has 0 saturated heterocycles. The van der Waals surface area contributed by atoms with E-state index in [1.54, 1.807) is 12.1 Å². The van der Waals surface area contributed by atoms with Gasteiger partial charge in [0.2, 0.25) is 10.0 Å². The van der Waals surface area contributed by atoms with Crippen molar-refractivity contribution in [2.75, 3.05) is 0 Å². The van der Waals surface area contributed by atoms with Gasteiger partial charge in [0.15, 0.2) is 0 Å². The van der Waals surface area contributed by atoms with Crippen molar-refractivity contribution in [1.82, 2.24) is 0 Å². The first-order chi connectivity index (χ1) is 6.73. The Labute approximate surface area is 88.6 Å². The Morgan fingerprint density at radius 2 is 1.60 bits per heavy atom. The zero-order chi connectivity index (χ0) is 12.1. The molecule has 0 amide bonds. The molecule has 1 aromatic rings. The van der Waals surface area contributed by atoms with Crippen LogP contribution in [0.25, 0.3) is 0 Å². The molecule has 0 fully saturated rings. The molecular weight excluding hydrogens is 218 g/mol. The summed E-state index contributed by atoms with van der Waals surface area (Å²) in [6.45, 7) is 2.97. The van der Waals surface area contributed by atoms with Crippen molar-refractivity contribution in [3.63, 3.8) is 0 Å². The fraction of sp³-hybridized carbons (Fsp3) is 0.222. The molecule has 0 bridgehead atoms. The third kappa shape index (κ3) is 6.64. The van der Waals surface area contributed by atoms with Gasteiger partial charge >= 0.3 is 0 Å². The normalized spacial score (nSPS) is 10.1. The first kappa shape index (κ1) is 13.6. The van der Waals surface area contributed by atoms with E-state index < -0.39 is 16.0 Å². The molecule has 1 rings (SSSR count). The van der Waals surface area contributed by atoms with Crippen LogP contribution in [0, 0.1) is 6.92 Å². The van der Waals surface area contributed by atoms with Crippen molar-refractivity contribution in [3.8, 4) is 0 Å². The van der Waals surface area contributed by atoms with Crippen molar-refractivity contribution in [2.24, 2.45) is 5.14 Å². The Hall–Kier alpha value is -1.40. The van der Waals surface area contributed by atoms with Crippen LogP contribution in [0.4, 0.5) is 0 Å². The molecule has 0 heterocycles. The second kappa shape index (κ2) is 5.47. The summed E-state index contributed by atoms with van der Waals surface area (Å²) in [5, 5.41) is 12.3. The number of benzene rings is 1. The van der Waals surface area contributed by atoms with Gasteiger partial charge in [-0.25, -0.2) is 13.6 Å². The SMILES string of the molecule is CC(=O)O.Cc1ccc(S(N)(=O)=O)cc1. The summed E-state index contributed by atoms with van der Waals surface area (Å²) in [4.78, 5) is 9.16. The van der Waals surface area contributed by atoms with Gasteiger partial charge in [-0.1, -0.05) is 17.7 Å². The lowest BCUT2D eigenvalue weighted by atomic mass is 10.2. The number of hydrogen-bond acceptors (Lipinski definition) is 3. The number of sulfonamides is 1. The van der Waals surface area contributed by atoms with Crippen LogP contribution in [-0.2, 0) is 14.8 Å². The highest BCUT2D eigenvalue weighted by atomic mass is 32.2. The maximum absolute atomic E-state index is 10.7. The van der Waals surface area contributed by atoms with Crippen LogP contribution < -0.4 is 5.14 Å². The number of aliphatic carboxylic acids is 1. The van der Waals surface area contributed by atoms with Crippen LogP contribution in [0.2, 0.25) is 0 Å². The number of primary sulfonamides is 1.